The third-order valence-corrected chi connectivity index (χ3v) is 4.32. The van der Waals surface area contributed by atoms with Gasteiger partial charge in [-0.15, -0.1) is 0 Å². The predicted molar refractivity (Wildman–Crippen MR) is 100 cm³/mol. The highest BCUT2D eigenvalue weighted by molar-refractivity contribution is 6.05. The summed E-state index contributed by atoms with van der Waals surface area (Å²) in [5, 5.41) is 2.89. The van der Waals surface area contributed by atoms with E-state index >= 15 is 0 Å². The number of carbonyl (C=O) groups excluding carboxylic acids is 1. The van der Waals surface area contributed by atoms with Crippen molar-refractivity contribution in [2.75, 3.05) is 18.5 Å². The second kappa shape index (κ2) is 8.62. The van der Waals surface area contributed by atoms with Crippen LogP contribution in [0.2, 0.25) is 0 Å². The summed E-state index contributed by atoms with van der Waals surface area (Å²) in [4.78, 5) is 25.2. The summed E-state index contributed by atoms with van der Waals surface area (Å²) in [6.07, 6.45) is 0.807. The molecular weight excluding hydrogens is 316 g/mol. The number of para-hydroxylation sites is 1. The molecule has 25 heavy (non-hydrogen) atoms. The fraction of sp³-hybridized carbons (Fsp3) is 0.400. The van der Waals surface area contributed by atoms with Crippen LogP contribution < -0.4 is 10.7 Å². The fourth-order valence-electron chi connectivity index (χ4n) is 2.97. The zero-order valence-electron chi connectivity index (χ0n) is 15.4. The number of carbonyl (C=O) groups is 1. The first kappa shape index (κ1) is 18.9. The lowest BCUT2D eigenvalue weighted by atomic mass is 10.1. The Bertz CT molecular complexity index is 809. The molecule has 5 heteroatoms. The van der Waals surface area contributed by atoms with Gasteiger partial charge in [-0.1, -0.05) is 25.1 Å². The van der Waals surface area contributed by atoms with E-state index in [1.165, 1.54) is 6.07 Å². The Morgan fingerprint density at radius 3 is 2.60 bits per heavy atom. The molecule has 0 aliphatic heterocycles. The number of hydrogen-bond acceptors (Lipinski definition) is 3. The molecule has 0 unspecified atom stereocenters. The van der Waals surface area contributed by atoms with Crippen LogP contribution in [-0.4, -0.2) is 23.7 Å². The second-order valence-corrected chi connectivity index (χ2v) is 5.92. The molecule has 0 saturated heterocycles. The minimum Gasteiger partial charge on any atom is -0.380 e. The number of anilines is 1. The van der Waals surface area contributed by atoms with Crippen molar-refractivity contribution >= 4 is 11.6 Å². The molecule has 1 aromatic carbocycles. The van der Waals surface area contributed by atoms with Crippen molar-refractivity contribution in [1.29, 1.82) is 0 Å². The van der Waals surface area contributed by atoms with E-state index in [4.69, 9.17) is 4.74 Å². The molecule has 0 saturated carbocycles. The van der Waals surface area contributed by atoms with Crippen LogP contribution in [0, 0.1) is 13.8 Å². The van der Waals surface area contributed by atoms with Crippen molar-refractivity contribution < 1.29 is 9.53 Å². The quantitative estimate of drug-likeness (QED) is 0.785. The summed E-state index contributed by atoms with van der Waals surface area (Å²) in [5.41, 5.74) is 3.21. The third kappa shape index (κ3) is 4.37. The lowest BCUT2D eigenvalue weighted by Gasteiger charge is -2.18. The average Bonchev–Trinajstić information content (AvgIpc) is 2.58. The van der Waals surface area contributed by atoms with Crippen LogP contribution in [0.4, 0.5) is 5.69 Å². The highest BCUT2D eigenvalue weighted by Gasteiger charge is 2.18. The van der Waals surface area contributed by atoms with Crippen LogP contribution in [-0.2, 0) is 17.7 Å². The van der Waals surface area contributed by atoms with Gasteiger partial charge in [0.25, 0.3) is 5.91 Å². The number of hydrogen-bond donors (Lipinski definition) is 1. The van der Waals surface area contributed by atoms with Crippen molar-refractivity contribution in [2.45, 2.75) is 40.7 Å². The molecule has 0 spiro atoms. The SMILES string of the molecule is CCOCCn1c(C)cc(=O)c(C(=O)Nc2ccccc2CC)c1C. The van der Waals surface area contributed by atoms with Gasteiger partial charge in [-0.25, -0.2) is 0 Å². The summed E-state index contributed by atoms with van der Waals surface area (Å²) in [5.74, 6) is -0.367. The first-order chi connectivity index (χ1) is 12.0. The Balaban J connectivity index is 2.35. The molecule has 1 amide bonds. The molecule has 1 N–H and O–H groups in total. The first-order valence-electron chi connectivity index (χ1n) is 8.67. The lowest BCUT2D eigenvalue weighted by Crippen LogP contribution is -2.28. The Labute approximate surface area is 148 Å². The fourth-order valence-corrected chi connectivity index (χ4v) is 2.97. The molecule has 1 aromatic heterocycles. The van der Waals surface area contributed by atoms with E-state index in [-0.39, 0.29) is 16.9 Å². The number of amides is 1. The number of pyridine rings is 1. The number of benzene rings is 1. The Morgan fingerprint density at radius 2 is 1.92 bits per heavy atom. The van der Waals surface area contributed by atoms with E-state index < -0.39 is 0 Å². The van der Waals surface area contributed by atoms with E-state index in [1.54, 1.807) is 6.92 Å². The highest BCUT2D eigenvalue weighted by atomic mass is 16.5. The van der Waals surface area contributed by atoms with Gasteiger partial charge in [-0.3, -0.25) is 9.59 Å². The maximum absolute atomic E-state index is 12.8. The molecule has 0 bridgehead atoms. The van der Waals surface area contributed by atoms with Crippen LogP contribution in [0.1, 0.15) is 41.2 Å². The van der Waals surface area contributed by atoms with Crippen LogP contribution in [0.5, 0.6) is 0 Å². The minimum atomic E-state index is -0.367. The average molecular weight is 342 g/mol. The molecular formula is C20H26N2O3. The molecule has 5 nitrogen and oxygen atoms in total. The van der Waals surface area contributed by atoms with Gasteiger partial charge in [0.05, 0.1) is 6.61 Å². The van der Waals surface area contributed by atoms with Gasteiger partial charge in [-0.05, 0) is 38.8 Å². The van der Waals surface area contributed by atoms with Gasteiger partial charge in [0.15, 0.2) is 5.43 Å². The number of ether oxygens (including phenoxy) is 1. The Morgan fingerprint density at radius 1 is 1.20 bits per heavy atom. The van der Waals surface area contributed by atoms with Gasteiger partial charge in [0.1, 0.15) is 5.56 Å². The van der Waals surface area contributed by atoms with E-state index in [1.807, 2.05) is 49.6 Å². The van der Waals surface area contributed by atoms with E-state index in [0.29, 0.717) is 25.5 Å². The highest BCUT2D eigenvalue weighted by Crippen LogP contribution is 2.17. The zero-order chi connectivity index (χ0) is 18.4. The maximum atomic E-state index is 12.8. The Hall–Kier alpha value is -2.40. The molecule has 134 valence electrons. The van der Waals surface area contributed by atoms with E-state index in [9.17, 15) is 9.59 Å². The molecule has 0 fully saturated rings. The molecule has 0 aliphatic rings. The minimum absolute atomic E-state index is 0.188. The maximum Gasteiger partial charge on any atom is 0.261 e. The van der Waals surface area contributed by atoms with Gasteiger partial charge < -0.3 is 14.6 Å². The van der Waals surface area contributed by atoms with Crippen LogP contribution >= 0.6 is 0 Å². The molecule has 0 radical (unpaired) electrons. The predicted octanol–water partition coefficient (Wildman–Crippen LogP) is 3.32. The van der Waals surface area contributed by atoms with Gasteiger partial charge in [0, 0.05) is 36.3 Å². The first-order valence-corrected chi connectivity index (χ1v) is 8.67. The molecule has 0 aliphatic carbocycles. The van der Waals surface area contributed by atoms with Gasteiger partial charge in [-0.2, -0.15) is 0 Å². The number of nitrogens with one attached hydrogen (secondary N) is 1. The molecule has 2 aromatic rings. The standard InChI is InChI=1S/C20H26N2O3/c1-5-16-9-7-8-10-17(16)21-20(24)19-15(4)22(11-12-25-6-2)14(3)13-18(19)23/h7-10,13H,5-6,11-12H2,1-4H3,(H,21,24). The monoisotopic (exact) mass is 342 g/mol. The van der Waals surface area contributed by atoms with Crippen molar-refractivity contribution in [3.8, 4) is 0 Å². The van der Waals surface area contributed by atoms with Crippen molar-refractivity contribution in [3.63, 3.8) is 0 Å². The largest absolute Gasteiger partial charge is 0.380 e. The number of aromatic nitrogens is 1. The van der Waals surface area contributed by atoms with E-state index in [2.05, 4.69) is 5.32 Å². The summed E-state index contributed by atoms with van der Waals surface area (Å²) in [6, 6.07) is 9.15. The van der Waals surface area contributed by atoms with Gasteiger partial charge in [0.2, 0.25) is 0 Å². The normalized spacial score (nSPS) is 10.7. The number of rotatable bonds is 7. The molecule has 0 atom stereocenters. The lowest BCUT2D eigenvalue weighted by molar-refractivity contribution is 0.102. The summed E-state index contributed by atoms with van der Waals surface area (Å²) < 4.78 is 7.36. The molecule has 1 heterocycles. The van der Waals surface area contributed by atoms with Crippen LogP contribution in [0.25, 0.3) is 0 Å². The molecule has 2 rings (SSSR count). The number of aryl methyl sites for hydroxylation is 2. The number of nitrogens with zero attached hydrogens (tertiary/aromatic N) is 1. The van der Waals surface area contributed by atoms with Gasteiger partial charge >= 0.3 is 0 Å². The smallest absolute Gasteiger partial charge is 0.261 e. The Kier molecular flexibility index (Phi) is 6.53. The zero-order valence-corrected chi connectivity index (χ0v) is 15.4. The third-order valence-electron chi connectivity index (χ3n) is 4.32. The van der Waals surface area contributed by atoms with E-state index in [0.717, 1.165) is 23.4 Å². The summed E-state index contributed by atoms with van der Waals surface area (Å²) in [7, 11) is 0. The topological polar surface area (TPSA) is 60.3 Å². The van der Waals surface area contributed by atoms with Crippen LogP contribution in [0.3, 0.4) is 0 Å². The second-order valence-electron chi connectivity index (χ2n) is 5.92. The summed E-state index contributed by atoms with van der Waals surface area (Å²) >= 11 is 0. The van der Waals surface area contributed by atoms with Crippen molar-refractivity contribution in [2.24, 2.45) is 0 Å². The van der Waals surface area contributed by atoms with Crippen molar-refractivity contribution in [1.82, 2.24) is 4.57 Å². The summed E-state index contributed by atoms with van der Waals surface area (Å²) in [6.45, 7) is 9.44. The van der Waals surface area contributed by atoms with Crippen LogP contribution in [0.15, 0.2) is 35.1 Å². The van der Waals surface area contributed by atoms with Crippen molar-refractivity contribution in [3.05, 3.63) is 63.1 Å².